The van der Waals surface area contributed by atoms with Crippen LogP contribution in [0.15, 0.2) is 41.8 Å². The first kappa shape index (κ1) is 22.0. The molecule has 0 saturated carbocycles. The number of rotatable bonds is 7. The number of para-hydroxylation sites is 1. The number of hydrogen-bond donors (Lipinski definition) is 1. The lowest BCUT2D eigenvalue weighted by atomic mass is 10.2. The van der Waals surface area contributed by atoms with Crippen molar-refractivity contribution in [3.8, 4) is 16.5 Å². The lowest BCUT2D eigenvalue weighted by Crippen LogP contribution is -2.51. The summed E-state index contributed by atoms with van der Waals surface area (Å²) in [6.07, 6.45) is 0. The van der Waals surface area contributed by atoms with Gasteiger partial charge in [-0.1, -0.05) is 29.8 Å². The summed E-state index contributed by atoms with van der Waals surface area (Å²) in [6.45, 7) is 6.19. The summed E-state index contributed by atoms with van der Waals surface area (Å²) in [5.74, 6) is 1.46. The van der Waals surface area contributed by atoms with Crippen molar-refractivity contribution in [1.82, 2.24) is 24.6 Å². The molecule has 10 heteroatoms. The van der Waals surface area contributed by atoms with Gasteiger partial charge in [0.25, 0.3) is 0 Å². The fourth-order valence-electron chi connectivity index (χ4n) is 3.66. The molecule has 3 aromatic rings. The molecule has 1 amide bonds. The number of piperazine rings is 1. The van der Waals surface area contributed by atoms with Gasteiger partial charge in [0.1, 0.15) is 18.4 Å². The van der Waals surface area contributed by atoms with Gasteiger partial charge < -0.3 is 9.64 Å². The highest BCUT2D eigenvalue weighted by Crippen LogP contribution is 2.26. The Morgan fingerprint density at radius 2 is 2.03 bits per heavy atom. The molecule has 0 spiro atoms. The molecule has 4 rings (SSSR count). The molecule has 1 N–H and O–H groups in total. The molecule has 1 saturated heterocycles. The van der Waals surface area contributed by atoms with Crippen molar-refractivity contribution in [2.75, 3.05) is 39.3 Å². The molecule has 3 heterocycles. The number of nitrogens with zero attached hydrogens (tertiary/aromatic N) is 4. The van der Waals surface area contributed by atoms with Crippen molar-refractivity contribution in [3.05, 3.63) is 51.6 Å². The van der Waals surface area contributed by atoms with Crippen LogP contribution in [0.1, 0.15) is 13.0 Å². The van der Waals surface area contributed by atoms with Crippen LogP contribution in [0.2, 0.25) is 5.02 Å². The van der Waals surface area contributed by atoms with Crippen molar-refractivity contribution in [3.63, 3.8) is 0 Å². The van der Waals surface area contributed by atoms with E-state index < -0.39 is 6.04 Å². The number of amides is 1. The number of nitrogens with one attached hydrogen (secondary N) is 1. The Bertz CT molecular complexity index is 1070. The molecule has 1 aliphatic rings. The van der Waals surface area contributed by atoms with E-state index in [1.54, 1.807) is 11.3 Å². The van der Waals surface area contributed by atoms with Gasteiger partial charge >= 0.3 is 0 Å². The van der Waals surface area contributed by atoms with Gasteiger partial charge in [0.15, 0.2) is 10.6 Å². The van der Waals surface area contributed by atoms with Crippen LogP contribution >= 0.6 is 35.2 Å². The zero-order chi connectivity index (χ0) is 21.8. The summed E-state index contributed by atoms with van der Waals surface area (Å²) in [5.41, 5.74) is 0. The summed E-state index contributed by atoms with van der Waals surface area (Å²) in [4.78, 5) is 18.4. The maximum atomic E-state index is 13.2. The molecule has 0 bridgehead atoms. The standard InChI is InChI=1S/C21H24ClN5O2S2/c1-15(27-19(23-24-21(27)30)18-7-4-14-31-18)20(28)26-10-8-25(9-11-26)12-13-29-17-6-3-2-5-16(17)22/h2-7,14-15H,8-13H2,1H3,(H,24,30). The summed E-state index contributed by atoms with van der Waals surface area (Å²) in [7, 11) is 0. The molecule has 1 aliphatic heterocycles. The first-order chi connectivity index (χ1) is 15.0. The largest absolute Gasteiger partial charge is 0.491 e. The Morgan fingerprint density at radius 1 is 1.26 bits per heavy atom. The molecule has 0 aliphatic carbocycles. The number of benzene rings is 1. The van der Waals surface area contributed by atoms with Crippen LogP contribution in [0.4, 0.5) is 0 Å². The van der Waals surface area contributed by atoms with Gasteiger partial charge in [-0.3, -0.25) is 19.4 Å². The molecule has 1 aromatic carbocycles. The molecule has 1 fully saturated rings. The lowest BCUT2D eigenvalue weighted by Gasteiger charge is -2.36. The smallest absolute Gasteiger partial charge is 0.245 e. The molecule has 164 valence electrons. The van der Waals surface area contributed by atoms with Crippen LogP contribution in [0.25, 0.3) is 10.7 Å². The summed E-state index contributed by atoms with van der Waals surface area (Å²) >= 11 is 13.1. The number of thiophene rings is 1. The SMILES string of the molecule is CC(C(=O)N1CCN(CCOc2ccccc2Cl)CC1)n1c(-c2cccs2)n[nH]c1=S. The zero-order valence-corrected chi connectivity index (χ0v) is 19.6. The number of halogens is 1. The molecule has 1 unspecified atom stereocenters. The van der Waals surface area contributed by atoms with Gasteiger partial charge in [-0.05, 0) is 42.7 Å². The van der Waals surface area contributed by atoms with Gasteiger partial charge in [-0.2, -0.15) is 5.10 Å². The van der Waals surface area contributed by atoms with Crippen molar-refractivity contribution in [1.29, 1.82) is 0 Å². The fourth-order valence-corrected chi connectivity index (χ4v) is 4.85. The van der Waals surface area contributed by atoms with Crippen LogP contribution in [0.3, 0.4) is 0 Å². The third-order valence-electron chi connectivity index (χ3n) is 5.38. The number of carbonyl (C=O) groups is 1. The molecule has 31 heavy (non-hydrogen) atoms. The second kappa shape index (κ2) is 9.95. The summed E-state index contributed by atoms with van der Waals surface area (Å²) in [5, 5.41) is 9.77. The van der Waals surface area contributed by atoms with Gasteiger partial charge in [-0.25, -0.2) is 0 Å². The van der Waals surface area contributed by atoms with E-state index in [9.17, 15) is 4.79 Å². The molecule has 7 nitrogen and oxygen atoms in total. The predicted molar refractivity (Wildman–Crippen MR) is 125 cm³/mol. The van der Waals surface area contributed by atoms with E-state index in [0.29, 0.717) is 41.1 Å². The Balaban J connectivity index is 1.31. The minimum absolute atomic E-state index is 0.0577. The Kier molecular flexibility index (Phi) is 7.06. The highest BCUT2D eigenvalue weighted by Gasteiger charge is 2.28. The highest BCUT2D eigenvalue weighted by atomic mass is 35.5. The maximum absolute atomic E-state index is 13.2. The van der Waals surface area contributed by atoms with Crippen LogP contribution < -0.4 is 4.74 Å². The molecule has 1 atom stereocenters. The number of aromatic amines is 1. The fraction of sp³-hybridized carbons (Fsp3) is 0.381. The zero-order valence-electron chi connectivity index (χ0n) is 17.2. The van der Waals surface area contributed by atoms with Crippen molar-refractivity contribution in [2.24, 2.45) is 0 Å². The van der Waals surface area contributed by atoms with E-state index in [0.717, 1.165) is 24.5 Å². The second-order valence-electron chi connectivity index (χ2n) is 7.32. The van der Waals surface area contributed by atoms with Crippen molar-refractivity contribution in [2.45, 2.75) is 13.0 Å². The number of carbonyl (C=O) groups excluding carboxylic acids is 1. The Hall–Kier alpha value is -2.20. The van der Waals surface area contributed by atoms with Gasteiger partial charge in [-0.15, -0.1) is 11.3 Å². The van der Waals surface area contributed by atoms with E-state index in [1.807, 2.05) is 58.2 Å². The molecule has 0 radical (unpaired) electrons. The minimum atomic E-state index is -0.418. The number of H-pyrrole nitrogens is 1. The van der Waals surface area contributed by atoms with Gasteiger partial charge in [0, 0.05) is 32.7 Å². The Morgan fingerprint density at radius 3 is 2.74 bits per heavy atom. The van der Waals surface area contributed by atoms with E-state index in [1.165, 1.54) is 0 Å². The number of hydrogen-bond acceptors (Lipinski definition) is 6. The number of aromatic nitrogens is 3. The van der Waals surface area contributed by atoms with Crippen molar-refractivity contribution < 1.29 is 9.53 Å². The minimum Gasteiger partial charge on any atom is -0.491 e. The molecular formula is C21H24ClN5O2S2. The van der Waals surface area contributed by atoms with Crippen LogP contribution in [-0.4, -0.2) is 69.8 Å². The molecule has 2 aromatic heterocycles. The average molecular weight is 478 g/mol. The first-order valence-corrected chi connectivity index (χ1v) is 11.8. The summed E-state index contributed by atoms with van der Waals surface area (Å²) in [6, 6.07) is 11.0. The quantitative estimate of drug-likeness (QED) is 0.519. The molecular weight excluding hydrogens is 454 g/mol. The number of ether oxygens (including phenoxy) is 1. The van der Waals surface area contributed by atoms with Crippen LogP contribution in [0, 0.1) is 4.77 Å². The van der Waals surface area contributed by atoms with E-state index in [-0.39, 0.29) is 5.91 Å². The summed E-state index contributed by atoms with van der Waals surface area (Å²) < 4.78 is 8.06. The van der Waals surface area contributed by atoms with Gasteiger partial charge in [0.2, 0.25) is 5.91 Å². The highest BCUT2D eigenvalue weighted by molar-refractivity contribution is 7.71. The second-order valence-corrected chi connectivity index (χ2v) is 9.06. The maximum Gasteiger partial charge on any atom is 0.245 e. The predicted octanol–water partition coefficient (Wildman–Crippen LogP) is 4.11. The van der Waals surface area contributed by atoms with Crippen LogP contribution in [-0.2, 0) is 4.79 Å². The van der Waals surface area contributed by atoms with E-state index in [4.69, 9.17) is 28.6 Å². The third-order valence-corrected chi connectivity index (χ3v) is 6.84. The average Bonchev–Trinajstić information content (AvgIpc) is 3.44. The van der Waals surface area contributed by atoms with Crippen LogP contribution in [0.5, 0.6) is 5.75 Å². The van der Waals surface area contributed by atoms with E-state index >= 15 is 0 Å². The van der Waals surface area contributed by atoms with Gasteiger partial charge in [0.05, 0.1) is 9.90 Å². The monoisotopic (exact) mass is 477 g/mol. The normalized spacial score (nSPS) is 15.7. The van der Waals surface area contributed by atoms with E-state index in [2.05, 4.69) is 15.1 Å². The lowest BCUT2D eigenvalue weighted by molar-refractivity contribution is -0.136. The van der Waals surface area contributed by atoms with Crippen molar-refractivity contribution >= 4 is 41.1 Å². The Labute approximate surface area is 195 Å². The third kappa shape index (κ3) is 5.01. The first-order valence-electron chi connectivity index (χ1n) is 10.1. The topological polar surface area (TPSA) is 66.4 Å².